The maximum Gasteiger partial charge on any atom is 0.323 e. The highest BCUT2D eigenvalue weighted by Gasteiger charge is 2.21. The largest absolute Gasteiger partial charge is 0.480 e. The van der Waals surface area contributed by atoms with Crippen LogP contribution in [0.4, 0.5) is 0 Å². The summed E-state index contributed by atoms with van der Waals surface area (Å²) in [4.78, 5) is 22.7. The summed E-state index contributed by atoms with van der Waals surface area (Å²) >= 11 is 0. The second-order valence-corrected chi connectivity index (χ2v) is 5.86. The van der Waals surface area contributed by atoms with Crippen molar-refractivity contribution in [3.8, 4) is 0 Å². The van der Waals surface area contributed by atoms with Crippen molar-refractivity contribution in [3.63, 3.8) is 0 Å². The monoisotopic (exact) mass is 309 g/mol. The summed E-state index contributed by atoms with van der Waals surface area (Å²) in [6.07, 6.45) is 0. The van der Waals surface area contributed by atoms with E-state index in [0.29, 0.717) is 6.61 Å². The topological polar surface area (TPSA) is 84.9 Å². The molecule has 0 saturated heterocycles. The van der Waals surface area contributed by atoms with Crippen LogP contribution in [0.3, 0.4) is 0 Å². The molecule has 1 aromatic carbocycles. The smallest absolute Gasteiger partial charge is 0.323 e. The molecular weight excluding hydrogens is 286 g/mol. The average Bonchev–Trinajstić information content (AvgIpc) is 2.41. The van der Waals surface area contributed by atoms with Crippen molar-refractivity contribution in [2.24, 2.45) is 0 Å². The van der Waals surface area contributed by atoms with Gasteiger partial charge in [0.1, 0.15) is 11.6 Å². The molecular formula is C16H23NO5. The summed E-state index contributed by atoms with van der Waals surface area (Å²) in [5.41, 5.74) is 0.361. The first-order valence-corrected chi connectivity index (χ1v) is 7.07. The molecule has 0 bridgehead atoms. The number of carboxylic acid groups (broad SMARTS) is 1. The Bertz CT molecular complexity index is 481. The Labute approximate surface area is 130 Å². The fourth-order valence-corrected chi connectivity index (χ4v) is 1.67. The van der Waals surface area contributed by atoms with E-state index in [2.05, 4.69) is 5.32 Å². The molecule has 0 saturated carbocycles. The van der Waals surface area contributed by atoms with Gasteiger partial charge in [-0.25, -0.2) is 0 Å². The Balaban J connectivity index is 2.36. The van der Waals surface area contributed by atoms with Crippen LogP contribution in [0, 0.1) is 0 Å². The maximum absolute atomic E-state index is 11.6. The molecule has 0 aliphatic heterocycles. The van der Waals surface area contributed by atoms with E-state index < -0.39 is 23.6 Å². The van der Waals surface area contributed by atoms with Gasteiger partial charge in [0.25, 0.3) is 0 Å². The summed E-state index contributed by atoms with van der Waals surface area (Å²) in [5, 5.41) is 11.8. The van der Waals surface area contributed by atoms with Crippen LogP contribution in [-0.2, 0) is 25.7 Å². The molecule has 122 valence electrons. The van der Waals surface area contributed by atoms with E-state index in [4.69, 9.17) is 14.6 Å². The number of ether oxygens (including phenoxy) is 2. The number of rotatable bonds is 8. The second kappa shape index (κ2) is 8.51. The first-order chi connectivity index (χ1) is 10.3. The first kappa shape index (κ1) is 18.1. The number of carboxylic acids is 1. The van der Waals surface area contributed by atoms with Crippen molar-refractivity contribution in [2.45, 2.75) is 39.0 Å². The summed E-state index contributed by atoms with van der Waals surface area (Å²) in [6, 6.07) is 8.48. The van der Waals surface area contributed by atoms with Crippen LogP contribution in [0.1, 0.15) is 26.3 Å². The third-order valence-corrected chi connectivity index (χ3v) is 2.61. The molecule has 22 heavy (non-hydrogen) atoms. The standard InChI is InChI=1S/C16H23NO5/c1-16(2,3)22-14(18)9-17-13(15(19)20)11-21-10-12-7-5-4-6-8-12/h4-8,13,17H,9-11H2,1-3H3,(H,19,20). The van der Waals surface area contributed by atoms with E-state index in [0.717, 1.165) is 5.56 Å². The Morgan fingerprint density at radius 2 is 1.86 bits per heavy atom. The molecule has 6 heteroatoms. The van der Waals surface area contributed by atoms with E-state index in [9.17, 15) is 9.59 Å². The molecule has 0 fully saturated rings. The molecule has 1 atom stereocenters. The number of aliphatic carboxylic acids is 1. The van der Waals surface area contributed by atoms with Gasteiger partial charge in [0.05, 0.1) is 19.8 Å². The van der Waals surface area contributed by atoms with Gasteiger partial charge >= 0.3 is 11.9 Å². The molecule has 1 rings (SSSR count). The van der Waals surface area contributed by atoms with Gasteiger partial charge in [-0.3, -0.25) is 14.9 Å². The third-order valence-electron chi connectivity index (χ3n) is 2.61. The van der Waals surface area contributed by atoms with Crippen LogP contribution in [0.25, 0.3) is 0 Å². The molecule has 0 radical (unpaired) electrons. The molecule has 0 aliphatic rings. The molecule has 1 unspecified atom stereocenters. The van der Waals surface area contributed by atoms with Crippen LogP contribution in [-0.4, -0.2) is 41.8 Å². The minimum Gasteiger partial charge on any atom is -0.480 e. The Hall–Kier alpha value is -1.92. The lowest BCUT2D eigenvalue weighted by Crippen LogP contribution is -2.44. The van der Waals surface area contributed by atoms with Gasteiger partial charge < -0.3 is 14.6 Å². The molecule has 0 amide bonds. The minimum atomic E-state index is -1.07. The molecule has 2 N–H and O–H groups in total. The predicted molar refractivity (Wildman–Crippen MR) is 81.4 cm³/mol. The van der Waals surface area contributed by atoms with Gasteiger partial charge in [0.2, 0.25) is 0 Å². The maximum atomic E-state index is 11.6. The molecule has 1 aromatic rings. The van der Waals surface area contributed by atoms with Gasteiger partial charge in [-0.2, -0.15) is 0 Å². The highest BCUT2D eigenvalue weighted by molar-refractivity contribution is 5.76. The predicted octanol–water partition coefficient (Wildman–Crippen LogP) is 1.59. The third kappa shape index (κ3) is 7.75. The van der Waals surface area contributed by atoms with E-state index in [1.54, 1.807) is 20.8 Å². The van der Waals surface area contributed by atoms with Gasteiger partial charge in [0, 0.05) is 0 Å². The zero-order valence-corrected chi connectivity index (χ0v) is 13.2. The van der Waals surface area contributed by atoms with Gasteiger partial charge in [-0.1, -0.05) is 30.3 Å². The molecule has 0 heterocycles. The number of esters is 1. The molecule has 6 nitrogen and oxygen atoms in total. The number of benzene rings is 1. The van der Waals surface area contributed by atoms with Crippen LogP contribution in [0.2, 0.25) is 0 Å². The van der Waals surface area contributed by atoms with Crippen molar-refractivity contribution >= 4 is 11.9 Å². The lowest BCUT2D eigenvalue weighted by Gasteiger charge is -2.20. The summed E-state index contributed by atoms with van der Waals surface area (Å²) in [5.74, 6) is -1.57. The quantitative estimate of drug-likeness (QED) is 0.709. The molecule has 0 aromatic heterocycles. The fourth-order valence-electron chi connectivity index (χ4n) is 1.67. The van der Waals surface area contributed by atoms with Gasteiger partial charge in [-0.05, 0) is 26.3 Å². The van der Waals surface area contributed by atoms with Crippen molar-refractivity contribution in [1.29, 1.82) is 0 Å². The number of nitrogens with one attached hydrogen (secondary N) is 1. The zero-order valence-electron chi connectivity index (χ0n) is 13.2. The number of hydrogen-bond donors (Lipinski definition) is 2. The summed E-state index contributed by atoms with van der Waals surface area (Å²) in [7, 11) is 0. The molecule has 0 spiro atoms. The second-order valence-electron chi connectivity index (χ2n) is 5.86. The van der Waals surface area contributed by atoms with Crippen molar-refractivity contribution < 1.29 is 24.2 Å². The highest BCUT2D eigenvalue weighted by Crippen LogP contribution is 2.06. The number of carbonyl (C=O) groups is 2. The van der Waals surface area contributed by atoms with E-state index >= 15 is 0 Å². The summed E-state index contributed by atoms with van der Waals surface area (Å²) < 4.78 is 10.5. The SMILES string of the molecule is CC(C)(C)OC(=O)CNC(COCc1ccccc1)C(=O)O. The first-order valence-electron chi connectivity index (χ1n) is 7.07. The Kier molecular flexibility index (Phi) is 7.01. The van der Waals surface area contributed by atoms with E-state index in [1.165, 1.54) is 0 Å². The van der Waals surface area contributed by atoms with Gasteiger partial charge in [0.15, 0.2) is 0 Å². The van der Waals surface area contributed by atoms with Gasteiger partial charge in [-0.15, -0.1) is 0 Å². The van der Waals surface area contributed by atoms with Crippen molar-refractivity contribution in [2.75, 3.05) is 13.2 Å². The highest BCUT2D eigenvalue weighted by atomic mass is 16.6. The number of hydrogen-bond acceptors (Lipinski definition) is 5. The van der Waals surface area contributed by atoms with Crippen LogP contribution in [0.5, 0.6) is 0 Å². The normalized spacial score (nSPS) is 12.7. The Morgan fingerprint density at radius 3 is 2.41 bits per heavy atom. The Morgan fingerprint density at radius 1 is 1.23 bits per heavy atom. The van der Waals surface area contributed by atoms with Crippen molar-refractivity contribution in [1.82, 2.24) is 5.32 Å². The average molecular weight is 309 g/mol. The lowest BCUT2D eigenvalue weighted by molar-refractivity contribution is -0.154. The van der Waals surface area contributed by atoms with Crippen LogP contribution >= 0.6 is 0 Å². The van der Waals surface area contributed by atoms with E-state index in [-0.39, 0.29) is 13.2 Å². The molecule has 0 aliphatic carbocycles. The summed E-state index contributed by atoms with van der Waals surface area (Å²) in [6.45, 7) is 5.36. The van der Waals surface area contributed by atoms with Crippen LogP contribution in [0.15, 0.2) is 30.3 Å². The van der Waals surface area contributed by atoms with Crippen LogP contribution < -0.4 is 5.32 Å². The number of carbonyl (C=O) groups excluding carboxylic acids is 1. The fraction of sp³-hybridized carbons (Fsp3) is 0.500. The van der Waals surface area contributed by atoms with Crippen molar-refractivity contribution in [3.05, 3.63) is 35.9 Å². The zero-order chi connectivity index (χ0) is 16.6. The van der Waals surface area contributed by atoms with E-state index in [1.807, 2.05) is 30.3 Å². The lowest BCUT2D eigenvalue weighted by atomic mass is 10.2. The minimum absolute atomic E-state index is 0.0347.